The first-order valence-corrected chi connectivity index (χ1v) is 9.31. The predicted molar refractivity (Wildman–Crippen MR) is 97.0 cm³/mol. The van der Waals surface area contributed by atoms with Crippen LogP contribution in [0.25, 0.3) is 11.4 Å². The van der Waals surface area contributed by atoms with Gasteiger partial charge in [0, 0.05) is 22.5 Å². The first kappa shape index (κ1) is 17.9. The van der Waals surface area contributed by atoms with Gasteiger partial charge in [-0.2, -0.15) is 4.98 Å². The van der Waals surface area contributed by atoms with Crippen molar-refractivity contribution in [2.24, 2.45) is 5.92 Å². The van der Waals surface area contributed by atoms with Crippen molar-refractivity contribution in [3.8, 4) is 11.4 Å². The summed E-state index contributed by atoms with van der Waals surface area (Å²) in [6.07, 6.45) is 5.50. The fourth-order valence-corrected chi connectivity index (χ4v) is 3.41. The predicted octanol–water partition coefficient (Wildman–Crippen LogP) is 4.71. The van der Waals surface area contributed by atoms with Crippen LogP contribution in [-0.2, 0) is 11.3 Å². The van der Waals surface area contributed by atoms with E-state index in [1.165, 1.54) is 6.42 Å². The molecule has 2 aromatic rings. The minimum Gasteiger partial charge on any atom is -0.337 e. The van der Waals surface area contributed by atoms with Crippen LogP contribution < -0.4 is 0 Å². The zero-order valence-electron chi connectivity index (χ0n) is 14.7. The average Bonchev–Trinajstić information content (AvgIpc) is 3.09. The normalized spacial score (nSPS) is 15.5. The Balaban J connectivity index is 1.72. The number of carbonyl (C=O) groups is 1. The number of rotatable bonds is 5. The lowest BCUT2D eigenvalue weighted by atomic mass is 9.88. The summed E-state index contributed by atoms with van der Waals surface area (Å²) in [6.45, 7) is 4.40. The monoisotopic (exact) mass is 361 g/mol. The van der Waals surface area contributed by atoms with E-state index in [4.69, 9.17) is 16.1 Å². The first-order chi connectivity index (χ1) is 12.0. The summed E-state index contributed by atoms with van der Waals surface area (Å²) in [5.41, 5.74) is 0.842. The van der Waals surface area contributed by atoms with Crippen LogP contribution in [0.5, 0.6) is 0 Å². The van der Waals surface area contributed by atoms with E-state index < -0.39 is 0 Å². The van der Waals surface area contributed by atoms with Gasteiger partial charge in [-0.1, -0.05) is 36.0 Å². The van der Waals surface area contributed by atoms with Crippen LogP contribution in [-0.4, -0.2) is 27.0 Å². The molecule has 1 aromatic heterocycles. The highest BCUT2D eigenvalue weighted by Gasteiger charge is 2.28. The molecular formula is C19H24ClN3O2. The second kappa shape index (κ2) is 8.00. The fourth-order valence-electron chi connectivity index (χ4n) is 3.28. The van der Waals surface area contributed by atoms with E-state index in [2.05, 4.69) is 10.1 Å². The van der Waals surface area contributed by atoms with Crippen LogP contribution >= 0.6 is 11.6 Å². The molecule has 3 rings (SSSR count). The highest BCUT2D eigenvalue weighted by Crippen LogP contribution is 2.27. The third-order valence-corrected chi connectivity index (χ3v) is 4.99. The van der Waals surface area contributed by atoms with Gasteiger partial charge in [0.25, 0.3) is 0 Å². The van der Waals surface area contributed by atoms with Crippen molar-refractivity contribution in [1.29, 1.82) is 0 Å². The van der Waals surface area contributed by atoms with Crippen molar-refractivity contribution >= 4 is 17.5 Å². The number of nitrogens with zero attached hydrogens (tertiary/aromatic N) is 3. The Labute approximate surface area is 153 Å². The van der Waals surface area contributed by atoms with E-state index in [9.17, 15) is 4.79 Å². The first-order valence-electron chi connectivity index (χ1n) is 8.93. The molecule has 1 aliphatic rings. The molecular weight excluding hydrogens is 338 g/mol. The molecule has 1 aliphatic carbocycles. The van der Waals surface area contributed by atoms with Crippen LogP contribution in [0.15, 0.2) is 28.8 Å². The van der Waals surface area contributed by atoms with Gasteiger partial charge in [-0.3, -0.25) is 4.79 Å². The summed E-state index contributed by atoms with van der Waals surface area (Å²) in [4.78, 5) is 19.2. The number of benzene rings is 1. The summed E-state index contributed by atoms with van der Waals surface area (Å²) in [5.74, 6) is 1.32. The number of hydrogen-bond donors (Lipinski definition) is 0. The SMILES string of the molecule is CC(C)N(Cc1nc(-c2ccc(Cl)cc2)no1)C(=O)C1CCCCC1. The highest BCUT2D eigenvalue weighted by atomic mass is 35.5. The Morgan fingerprint density at radius 3 is 2.56 bits per heavy atom. The molecule has 25 heavy (non-hydrogen) atoms. The van der Waals surface area contributed by atoms with Crippen molar-refractivity contribution in [3.63, 3.8) is 0 Å². The number of amides is 1. The van der Waals surface area contributed by atoms with Crippen LogP contribution in [0.4, 0.5) is 0 Å². The van der Waals surface area contributed by atoms with Gasteiger partial charge in [0.2, 0.25) is 17.6 Å². The van der Waals surface area contributed by atoms with E-state index >= 15 is 0 Å². The Hall–Kier alpha value is -1.88. The molecule has 134 valence electrons. The van der Waals surface area contributed by atoms with Crippen LogP contribution in [0, 0.1) is 5.92 Å². The summed E-state index contributed by atoms with van der Waals surface area (Å²) in [5, 5.41) is 4.70. The maximum atomic E-state index is 12.9. The molecule has 0 saturated heterocycles. The molecule has 1 saturated carbocycles. The summed E-state index contributed by atoms with van der Waals surface area (Å²) >= 11 is 5.91. The van der Waals surface area contributed by atoms with Gasteiger partial charge in [-0.15, -0.1) is 0 Å². The van der Waals surface area contributed by atoms with Gasteiger partial charge in [0.05, 0.1) is 0 Å². The van der Waals surface area contributed by atoms with Gasteiger partial charge in [-0.25, -0.2) is 0 Å². The van der Waals surface area contributed by atoms with Gasteiger partial charge >= 0.3 is 0 Å². The molecule has 0 unspecified atom stereocenters. The van der Waals surface area contributed by atoms with E-state index in [0.29, 0.717) is 23.3 Å². The lowest BCUT2D eigenvalue weighted by molar-refractivity contribution is -0.139. The summed E-state index contributed by atoms with van der Waals surface area (Å²) < 4.78 is 5.38. The maximum Gasteiger partial charge on any atom is 0.246 e. The third kappa shape index (κ3) is 4.40. The fraction of sp³-hybridized carbons (Fsp3) is 0.526. The van der Waals surface area contributed by atoms with Gasteiger partial charge in [-0.05, 0) is 51.0 Å². The number of aromatic nitrogens is 2. The maximum absolute atomic E-state index is 12.9. The van der Waals surface area contributed by atoms with Gasteiger partial charge in [0.1, 0.15) is 6.54 Å². The zero-order chi connectivity index (χ0) is 17.8. The van der Waals surface area contributed by atoms with Crippen molar-refractivity contribution in [2.45, 2.75) is 58.5 Å². The Morgan fingerprint density at radius 2 is 1.92 bits per heavy atom. The molecule has 6 heteroatoms. The molecule has 1 fully saturated rings. The summed E-state index contributed by atoms with van der Waals surface area (Å²) in [6, 6.07) is 7.38. The van der Waals surface area contributed by atoms with Gasteiger partial charge < -0.3 is 9.42 Å². The minimum absolute atomic E-state index is 0.0975. The van der Waals surface area contributed by atoms with E-state index in [1.54, 1.807) is 12.1 Å². The van der Waals surface area contributed by atoms with E-state index in [0.717, 1.165) is 31.2 Å². The number of halogens is 1. The number of hydrogen-bond acceptors (Lipinski definition) is 4. The largest absolute Gasteiger partial charge is 0.337 e. The Bertz CT molecular complexity index is 706. The van der Waals surface area contributed by atoms with Crippen LogP contribution in [0.3, 0.4) is 0 Å². The topological polar surface area (TPSA) is 59.2 Å². The zero-order valence-corrected chi connectivity index (χ0v) is 15.5. The molecule has 0 spiro atoms. The third-order valence-electron chi connectivity index (χ3n) is 4.74. The van der Waals surface area contributed by atoms with Crippen molar-refractivity contribution in [2.75, 3.05) is 0 Å². The van der Waals surface area contributed by atoms with E-state index in [1.807, 2.05) is 30.9 Å². The van der Waals surface area contributed by atoms with Gasteiger partial charge in [0.15, 0.2) is 0 Å². The molecule has 1 aromatic carbocycles. The average molecular weight is 362 g/mol. The minimum atomic E-state index is 0.0975. The molecule has 1 amide bonds. The summed E-state index contributed by atoms with van der Waals surface area (Å²) in [7, 11) is 0. The lowest BCUT2D eigenvalue weighted by Crippen LogP contribution is -2.41. The van der Waals surface area contributed by atoms with Crippen LogP contribution in [0.1, 0.15) is 51.8 Å². The standard InChI is InChI=1S/C19H24ClN3O2/c1-13(2)23(19(24)15-6-4-3-5-7-15)12-17-21-18(22-25-17)14-8-10-16(20)11-9-14/h8-11,13,15H,3-7,12H2,1-2H3. The lowest BCUT2D eigenvalue weighted by Gasteiger charge is -2.31. The smallest absolute Gasteiger partial charge is 0.246 e. The molecule has 1 heterocycles. The van der Waals surface area contributed by atoms with Crippen molar-refractivity contribution in [1.82, 2.24) is 15.0 Å². The second-order valence-electron chi connectivity index (χ2n) is 6.91. The Kier molecular flexibility index (Phi) is 5.74. The van der Waals surface area contributed by atoms with Crippen molar-refractivity contribution < 1.29 is 9.32 Å². The van der Waals surface area contributed by atoms with E-state index in [-0.39, 0.29) is 17.9 Å². The molecule has 0 radical (unpaired) electrons. The molecule has 0 N–H and O–H groups in total. The van der Waals surface area contributed by atoms with Crippen LogP contribution in [0.2, 0.25) is 5.02 Å². The molecule has 5 nitrogen and oxygen atoms in total. The van der Waals surface area contributed by atoms with Crippen molar-refractivity contribution in [3.05, 3.63) is 35.2 Å². The quantitative estimate of drug-likeness (QED) is 0.773. The second-order valence-corrected chi connectivity index (χ2v) is 7.35. The highest BCUT2D eigenvalue weighted by molar-refractivity contribution is 6.30. The Morgan fingerprint density at radius 1 is 1.24 bits per heavy atom. The number of carbonyl (C=O) groups excluding carboxylic acids is 1. The molecule has 0 atom stereocenters. The molecule has 0 aliphatic heterocycles. The molecule has 0 bridgehead atoms.